The Balaban J connectivity index is 2.01. The van der Waals surface area contributed by atoms with Crippen molar-refractivity contribution in [3.05, 3.63) is 12.5 Å². The maximum Gasteiger partial charge on any atom is 0.306 e. The lowest BCUT2D eigenvalue weighted by Crippen LogP contribution is -2.46. The molecule has 0 saturated heterocycles. The first-order valence-corrected chi connectivity index (χ1v) is 7.56. The van der Waals surface area contributed by atoms with Crippen LogP contribution in [0.1, 0.15) is 32.7 Å². The molecule has 0 spiro atoms. The van der Waals surface area contributed by atoms with Crippen LogP contribution in [0, 0.1) is 5.92 Å². The van der Waals surface area contributed by atoms with E-state index in [0.29, 0.717) is 12.8 Å². The summed E-state index contributed by atoms with van der Waals surface area (Å²) in [5.41, 5.74) is 0. The molecule has 1 aliphatic carbocycles. The quantitative estimate of drug-likeness (QED) is 0.826. The fraction of sp³-hybridized carbons (Fsp3) is 0.636. The van der Waals surface area contributed by atoms with Crippen molar-refractivity contribution >= 4 is 16.0 Å². The molecule has 0 aliphatic heterocycles. The summed E-state index contributed by atoms with van der Waals surface area (Å²) < 4.78 is 28.2. The zero-order chi connectivity index (χ0) is 14.2. The van der Waals surface area contributed by atoms with Crippen LogP contribution in [0.4, 0.5) is 0 Å². The summed E-state index contributed by atoms with van der Waals surface area (Å²) in [4.78, 5) is 14.5. The number of imidazole rings is 1. The molecule has 0 aromatic carbocycles. The average molecular weight is 287 g/mol. The lowest BCUT2D eigenvalue weighted by molar-refractivity contribution is -0.145. The molecular formula is C11H17N3O4S. The van der Waals surface area contributed by atoms with Gasteiger partial charge in [0.05, 0.1) is 12.2 Å². The third kappa shape index (κ3) is 2.95. The number of aromatic nitrogens is 2. The summed E-state index contributed by atoms with van der Waals surface area (Å²) >= 11 is 0. The molecule has 2 rings (SSSR count). The molecule has 2 N–H and O–H groups in total. The lowest BCUT2D eigenvalue weighted by atomic mass is 9.81. The second kappa shape index (κ2) is 4.93. The maximum atomic E-state index is 12.0. The SMILES string of the molecule is CC(C)n1cnc(S(=O)(=O)NC2CC(C(=O)O)C2)c1. The van der Waals surface area contributed by atoms with E-state index in [9.17, 15) is 13.2 Å². The zero-order valence-electron chi connectivity index (χ0n) is 10.8. The third-order valence-corrected chi connectivity index (χ3v) is 4.66. The molecule has 0 bridgehead atoms. The highest BCUT2D eigenvalue weighted by Gasteiger charge is 2.37. The number of carboxylic acids is 1. The third-order valence-electron chi connectivity index (χ3n) is 3.26. The fourth-order valence-electron chi connectivity index (χ4n) is 1.93. The molecular weight excluding hydrogens is 270 g/mol. The zero-order valence-corrected chi connectivity index (χ0v) is 11.6. The summed E-state index contributed by atoms with van der Waals surface area (Å²) in [6, 6.07) is -0.174. The van der Waals surface area contributed by atoms with Crippen LogP contribution in [0.25, 0.3) is 0 Å². The monoisotopic (exact) mass is 287 g/mol. The maximum absolute atomic E-state index is 12.0. The first-order chi connectivity index (χ1) is 8.79. The van der Waals surface area contributed by atoms with Crippen LogP contribution in [0.3, 0.4) is 0 Å². The Kier molecular flexibility index (Phi) is 3.64. The molecule has 1 aromatic heterocycles. The predicted octanol–water partition coefficient (Wildman–Crippen LogP) is 0.605. The minimum atomic E-state index is -3.66. The lowest BCUT2D eigenvalue weighted by Gasteiger charge is -2.32. The van der Waals surface area contributed by atoms with Crippen LogP contribution in [-0.2, 0) is 14.8 Å². The number of carbonyl (C=O) groups is 1. The standard InChI is InChI=1S/C11H17N3O4S/c1-7(2)14-5-10(12-6-14)19(17,18)13-9-3-8(4-9)11(15)16/h5-9,13H,3-4H2,1-2H3,(H,15,16). The van der Waals surface area contributed by atoms with Crippen molar-refractivity contribution in [3.63, 3.8) is 0 Å². The molecule has 0 amide bonds. The van der Waals surface area contributed by atoms with Crippen LogP contribution in [-0.4, -0.2) is 35.1 Å². The number of nitrogens with one attached hydrogen (secondary N) is 1. The number of sulfonamides is 1. The molecule has 106 valence electrons. The molecule has 1 saturated carbocycles. The summed E-state index contributed by atoms with van der Waals surface area (Å²) in [5, 5.41) is 8.71. The number of rotatable bonds is 5. The van der Waals surface area contributed by atoms with E-state index in [1.807, 2.05) is 13.8 Å². The minimum Gasteiger partial charge on any atom is -0.481 e. The van der Waals surface area contributed by atoms with E-state index in [-0.39, 0.29) is 17.1 Å². The Hall–Kier alpha value is -1.41. The Bertz CT molecular complexity index is 573. The van der Waals surface area contributed by atoms with Crippen molar-refractivity contribution in [2.45, 2.75) is 43.8 Å². The normalized spacial score (nSPS) is 23.3. The Morgan fingerprint density at radius 2 is 2.16 bits per heavy atom. The predicted molar refractivity (Wildman–Crippen MR) is 67.1 cm³/mol. The molecule has 0 radical (unpaired) electrons. The van der Waals surface area contributed by atoms with Gasteiger partial charge in [0.25, 0.3) is 10.0 Å². The van der Waals surface area contributed by atoms with Crippen molar-refractivity contribution in [1.29, 1.82) is 0 Å². The van der Waals surface area contributed by atoms with Gasteiger partial charge in [-0.05, 0) is 26.7 Å². The van der Waals surface area contributed by atoms with Crippen LogP contribution in [0.15, 0.2) is 17.6 Å². The number of hydrogen-bond acceptors (Lipinski definition) is 4. The molecule has 0 atom stereocenters. The van der Waals surface area contributed by atoms with Crippen molar-refractivity contribution in [2.75, 3.05) is 0 Å². The van der Waals surface area contributed by atoms with Gasteiger partial charge in [0.15, 0.2) is 5.03 Å². The molecule has 1 fully saturated rings. The van der Waals surface area contributed by atoms with E-state index in [2.05, 4.69) is 9.71 Å². The van der Waals surface area contributed by atoms with Crippen LogP contribution in [0.5, 0.6) is 0 Å². The van der Waals surface area contributed by atoms with Gasteiger partial charge in [0, 0.05) is 18.3 Å². The van der Waals surface area contributed by atoms with Crippen molar-refractivity contribution in [1.82, 2.24) is 14.3 Å². The minimum absolute atomic E-state index is 0.0278. The highest BCUT2D eigenvalue weighted by atomic mass is 32.2. The summed E-state index contributed by atoms with van der Waals surface area (Å²) in [5.74, 6) is -1.32. The summed E-state index contributed by atoms with van der Waals surface area (Å²) in [6.07, 6.45) is 3.61. The number of aliphatic carboxylic acids is 1. The van der Waals surface area contributed by atoms with E-state index < -0.39 is 21.9 Å². The highest BCUT2D eigenvalue weighted by molar-refractivity contribution is 7.89. The summed E-state index contributed by atoms with van der Waals surface area (Å²) in [6.45, 7) is 3.85. The van der Waals surface area contributed by atoms with E-state index in [4.69, 9.17) is 5.11 Å². The van der Waals surface area contributed by atoms with Crippen molar-refractivity contribution in [3.8, 4) is 0 Å². The van der Waals surface area contributed by atoms with Gasteiger partial charge < -0.3 is 9.67 Å². The van der Waals surface area contributed by atoms with Crippen LogP contribution >= 0.6 is 0 Å². The molecule has 0 unspecified atom stereocenters. The topological polar surface area (TPSA) is 101 Å². The van der Waals surface area contributed by atoms with E-state index >= 15 is 0 Å². The van der Waals surface area contributed by atoms with Crippen LogP contribution in [0.2, 0.25) is 0 Å². The largest absolute Gasteiger partial charge is 0.481 e. The second-order valence-electron chi connectivity index (χ2n) is 5.08. The van der Waals surface area contributed by atoms with Gasteiger partial charge in [0.1, 0.15) is 0 Å². The second-order valence-corrected chi connectivity index (χ2v) is 6.74. The van der Waals surface area contributed by atoms with Gasteiger partial charge in [0.2, 0.25) is 0 Å². The molecule has 1 aliphatic rings. The number of carboxylic acid groups (broad SMARTS) is 1. The molecule has 19 heavy (non-hydrogen) atoms. The average Bonchev–Trinajstić information content (AvgIpc) is 2.72. The van der Waals surface area contributed by atoms with Gasteiger partial charge in [-0.15, -0.1) is 0 Å². The Morgan fingerprint density at radius 3 is 2.63 bits per heavy atom. The Labute approximate surface area is 111 Å². The molecule has 1 aromatic rings. The number of hydrogen-bond donors (Lipinski definition) is 2. The fourth-order valence-corrected chi connectivity index (χ4v) is 3.13. The van der Waals surface area contributed by atoms with Gasteiger partial charge in [-0.2, -0.15) is 0 Å². The van der Waals surface area contributed by atoms with Crippen molar-refractivity contribution < 1.29 is 18.3 Å². The first-order valence-electron chi connectivity index (χ1n) is 6.08. The van der Waals surface area contributed by atoms with Crippen LogP contribution < -0.4 is 4.72 Å². The molecule has 8 heteroatoms. The smallest absolute Gasteiger partial charge is 0.306 e. The first kappa shape index (κ1) is 14.0. The van der Waals surface area contributed by atoms with Gasteiger partial charge in [-0.1, -0.05) is 0 Å². The van der Waals surface area contributed by atoms with Gasteiger partial charge >= 0.3 is 5.97 Å². The van der Waals surface area contributed by atoms with E-state index in [0.717, 1.165) is 0 Å². The molecule has 1 heterocycles. The van der Waals surface area contributed by atoms with E-state index in [1.54, 1.807) is 4.57 Å². The van der Waals surface area contributed by atoms with Gasteiger partial charge in [-0.3, -0.25) is 4.79 Å². The summed E-state index contributed by atoms with van der Waals surface area (Å²) in [7, 11) is -3.66. The number of nitrogens with zero attached hydrogens (tertiary/aromatic N) is 2. The van der Waals surface area contributed by atoms with Gasteiger partial charge in [-0.25, -0.2) is 18.1 Å². The highest BCUT2D eigenvalue weighted by Crippen LogP contribution is 2.28. The van der Waals surface area contributed by atoms with Crippen molar-refractivity contribution in [2.24, 2.45) is 5.92 Å². The molecule has 7 nitrogen and oxygen atoms in total. The Morgan fingerprint density at radius 1 is 1.53 bits per heavy atom. The van der Waals surface area contributed by atoms with E-state index in [1.165, 1.54) is 12.5 Å².